The third kappa shape index (κ3) is 3.32. The lowest BCUT2D eigenvalue weighted by Crippen LogP contribution is -1.96. The molecule has 0 bridgehead atoms. The molecule has 0 unspecified atom stereocenters. The third-order valence-electron chi connectivity index (χ3n) is 2.47. The van der Waals surface area contributed by atoms with Gasteiger partial charge in [-0.3, -0.25) is 5.43 Å². The fourth-order valence-electron chi connectivity index (χ4n) is 1.51. The summed E-state index contributed by atoms with van der Waals surface area (Å²) in [4.78, 5) is 0. The van der Waals surface area contributed by atoms with E-state index < -0.39 is 0 Å². The van der Waals surface area contributed by atoms with Crippen molar-refractivity contribution in [2.75, 3.05) is 12.5 Å². The molecule has 0 heterocycles. The topological polar surface area (TPSA) is 33.6 Å². The minimum Gasteiger partial charge on any atom is -0.496 e. The highest BCUT2D eigenvalue weighted by Gasteiger charge is 2.09. The lowest BCUT2D eigenvalue weighted by molar-refractivity contribution is 0.411. The van der Waals surface area contributed by atoms with Crippen molar-refractivity contribution in [2.24, 2.45) is 5.10 Å². The van der Waals surface area contributed by atoms with Crippen molar-refractivity contribution in [1.29, 1.82) is 0 Å². The van der Waals surface area contributed by atoms with Crippen molar-refractivity contribution in [1.82, 2.24) is 0 Å². The van der Waals surface area contributed by atoms with E-state index in [1.54, 1.807) is 6.07 Å². The predicted octanol–water partition coefficient (Wildman–Crippen LogP) is 4.04. The van der Waals surface area contributed by atoms with Gasteiger partial charge in [0.05, 0.1) is 23.5 Å². The Hall–Kier alpha value is -1.88. The smallest absolute Gasteiger partial charge is 0.133 e. The number of ether oxygens (including phenoxy) is 1. The van der Waals surface area contributed by atoms with E-state index in [1.165, 1.54) is 19.4 Å². The number of rotatable bonds is 4. The molecule has 5 heteroatoms. The first-order valence-corrected chi connectivity index (χ1v) is 6.38. The average Bonchev–Trinajstić information content (AvgIpc) is 2.44. The number of anilines is 1. The lowest BCUT2D eigenvalue weighted by Gasteiger charge is -2.06. The Morgan fingerprint density at radius 2 is 1.95 bits per heavy atom. The first kappa shape index (κ1) is 13.5. The van der Waals surface area contributed by atoms with Crippen LogP contribution in [0.2, 0.25) is 0 Å². The molecule has 1 N–H and O–H groups in total. The minimum absolute atomic E-state index is 0.336. The van der Waals surface area contributed by atoms with Crippen LogP contribution in [0.1, 0.15) is 5.56 Å². The maximum atomic E-state index is 13.7. The Bertz CT molecular complexity index is 587. The van der Waals surface area contributed by atoms with E-state index in [4.69, 9.17) is 4.74 Å². The lowest BCUT2D eigenvalue weighted by atomic mass is 10.2. The van der Waals surface area contributed by atoms with Gasteiger partial charge in [0.2, 0.25) is 0 Å². The average molecular weight is 323 g/mol. The van der Waals surface area contributed by atoms with Crippen molar-refractivity contribution in [2.45, 2.75) is 0 Å². The molecule has 0 amide bonds. The van der Waals surface area contributed by atoms with E-state index in [-0.39, 0.29) is 5.82 Å². The summed E-state index contributed by atoms with van der Waals surface area (Å²) < 4.78 is 19.3. The summed E-state index contributed by atoms with van der Waals surface area (Å²) >= 11 is 3.29. The van der Waals surface area contributed by atoms with Crippen molar-refractivity contribution < 1.29 is 9.13 Å². The van der Waals surface area contributed by atoms with Gasteiger partial charge in [0.25, 0.3) is 0 Å². The SMILES string of the molecule is COc1ccc(F)c(C=NNc2ccccc2)c1Br. The summed E-state index contributed by atoms with van der Waals surface area (Å²) in [5.74, 6) is 0.189. The van der Waals surface area contributed by atoms with Crippen LogP contribution in [-0.2, 0) is 0 Å². The van der Waals surface area contributed by atoms with Gasteiger partial charge >= 0.3 is 0 Å². The number of benzene rings is 2. The molecule has 2 rings (SSSR count). The molecule has 0 saturated heterocycles. The van der Waals surface area contributed by atoms with Crippen molar-refractivity contribution >= 4 is 27.8 Å². The number of hydrazone groups is 1. The van der Waals surface area contributed by atoms with Crippen molar-refractivity contribution in [3.8, 4) is 5.75 Å². The van der Waals surface area contributed by atoms with Gasteiger partial charge in [-0.1, -0.05) is 18.2 Å². The highest BCUT2D eigenvalue weighted by molar-refractivity contribution is 9.10. The minimum atomic E-state index is -0.369. The molecule has 0 aliphatic heterocycles. The van der Waals surface area contributed by atoms with Crippen LogP contribution in [0.5, 0.6) is 5.75 Å². The fourth-order valence-corrected chi connectivity index (χ4v) is 2.10. The van der Waals surface area contributed by atoms with E-state index >= 15 is 0 Å². The van der Waals surface area contributed by atoms with E-state index in [9.17, 15) is 4.39 Å². The molecular weight excluding hydrogens is 311 g/mol. The van der Waals surface area contributed by atoms with Crippen LogP contribution in [0.15, 0.2) is 52.0 Å². The largest absolute Gasteiger partial charge is 0.496 e. The van der Waals surface area contributed by atoms with E-state index in [0.717, 1.165) is 5.69 Å². The van der Waals surface area contributed by atoms with Crippen LogP contribution in [0.4, 0.5) is 10.1 Å². The quantitative estimate of drug-likeness (QED) is 0.680. The number of hydrogen-bond donors (Lipinski definition) is 1. The molecule has 0 aliphatic rings. The predicted molar refractivity (Wildman–Crippen MR) is 78.3 cm³/mol. The molecule has 19 heavy (non-hydrogen) atoms. The number of nitrogens with zero attached hydrogens (tertiary/aromatic N) is 1. The Kier molecular flexibility index (Phi) is 4.52. The maximum Gasteiger partial charge on any atom is 0.133 e. The molecule has 0 saturated carbocycles. The van der Waals surface area contributed by atoms with Crippen molar-refractivity contribution in [3.63, 3.8) is 0 Å². The van der Waals surface area contributed by atoms with Gasteiger partial charge < -0.3 is 4.74 Å². The van der Waals surface area contributed by atoms with Crippen LogP contribution in [0.3, 0.4) is 0 Å². The molecule has 0 spiro atoms. The third-order valence-corrected chi connectivity index (χ3v) is 3.29. The van der Waals surface area contributed by atoms with Gasteiger partial charge in [0.15, 0.2) is 0 Å². The van der Waals surface area contributed by atoms with Gasteiger partial charge in [-0.2, -0.15) is 5.10 Å². The normalized spacial score (nSPS) is 10.7. The van der Waals surface area contributed by atoms with Gasteiger partial charge in [0, 0.05) is 5.56 Å². The van der Waals surface area contributed by atoms with Crippen LogP contribution in [0.25, 0.3) is 0 Å². The standard InChI is InChI=1S/C14H12BrFN2O/c1-19-13-8-7-12(16)11(14(13)15)9-17-18-10-5-3-2-4-6-10/h2-9,18H,1H3. The molecule has 2 aromatic carbocycles. The Balaban J connectivity index is 2.19. The molecular formula is C14H12BrFN2O. The highest BCUT2D eigenvalue weighted by atomic mass is 79.9. The number of methoxy groups -OCH3 is 1. The van der Waals surface area contributed by atoms with Gasteiger partial charge in [-0.25, -0.2) is 4.39 Å². The zero-order valence-electron chi connectivity index (χ0n) is 10.2. The molecule has 98 valence electrons. The second-order valence-electron chi connectivity index (χ2n) is 3.71. The zero-order chi connectivity index (χ0) is 13.7. The van der Waals surface area contributed by atoms with Crippen molar-refractivity contribution in [3.05, 3.63) is 58.3 Å². The highest BCUT2D eigenvalue weighted by Crippen LogP contribution is 2.29. The monoisotopic (exact) mass is 322 g/mol. The van der Waals surface area contributed by atoms with E-state index in [1.807, 2.05) is 30.3 Å². The second-order valence-corrected chi connectivity index (χ2v) is 4.51. The molecule has 0 radical (unpaired) electrons. The summed E-state index contributed by atoms with van der Waals surface area (Å²) in [5, 5.41) is 4.01. The molecule has 3 nitrogen and oxygen atoms in total. The Morgan fingerprint density at radius 1 is 1.21 bits per heavy atom. The molecule has 0 aliphatic carbocycles. The summed E-state index contributed by atoms with van der Waals surface area (Å²) in [6, 6.07) is 12.3. The van der Waals surface area contributed by atoms with E-state index in [0.29, 0.717) is 15.8 Å². The van der Waals surface area contributed by atoms with Gasteiger partial charge in [-0.15, -0.1) is 0 Å². The van der Waals surface area contributed by atoms with Crippen LogP contribution in [-0.4, -0.2) is 13.3 Å². The first-order valence-electron chi connectivity index (χ1n) is 5.58. The van der Waals surface area contributed by atoms with Gasteiger partial charge in [-0.05, 0) is 40.2 Å². The van der Waals surface area contributed by atoms with Gasteiger partial charge in [0.1, 0.15) is 11.6 Å². The molecule has 2 aromatic rings. The molecule has 0 atom stereocenters. The van der Waals surface area contributed by atoms with E-state index in [2.05, 4.69) is 26.5 Å². The van der Waals surface area contributed by atoms with Crippen LogP contribution in [0, 0.1) is 5.82 Å². The number of hydrogen-bond acceptors (Lipinski definition) is 3. The first-order chi connectivity index (χ1) is 9.22. The maximum absolute atomic E-state index is 13.7. The second kappa shape index (κ2) is 6.33. The number of nitrogens with one attached hydrogen (secondary N) is 1. The number of halogens is 2. The summed E-state index contributed by atoms with van der Waals surface area (Å²) in [7, 11) is 1.53. The fraction of sp³-hybridized carbons (Fsp3) is 0.0714. The Labute approximate surface area is 119 Å². The Morgan fingerprint density at radius 3 is 2.63 bits per heavy atom. The summed E-state index contributed by atoms with van der Waals surface area (Å²) in [6.45, 7) is 0. The zero-order valence-corrected chi connectivity index (χ0v) is 11.8. The summed E-state index contributed by atoms with van der Waals surface area (Å²) in [6.07, 6.45) is 1.41. The molecule has 0 fully saturated rings. The number of para-hydroxylation sites is 1. The molecule has 0 aromatic heterocycles. The van der Waals surface area contributed by atoms with Crippen LogP contribution < -0.4 is 10.2 Å². The van der Waals surface area contributed by atoms with Crippen LogP contribution >= 0.6 is 15.9 Å². The summed E-state index contributed by atoms with van der Waals surface area (Å²) in [5.41, 5.74) is 3.99.